The van der Waals surface area contributed by atoms with Crippen LogP contribution >= 0.6 is 0 Å². The third kappa shape index (κ3) is 4.50. The quantitative estimate of drug-likeness (QED) is 0.497. The van der Waals surface area contributed by atoms with Gasteiger partial charge in [-0.25, -0.2) is 0 Å². The van der Waals surface area contributed by atoms with E-state index in [-0.39, 0.29) is 18.5 Å². The third-order valence-electron chi connectivity index (χ3n) is 3.98. The Labute approximate surface area is 161 Å². The van der Waals surface area contributed by atoms with Crippen LogP contribution in [0, 0.1) is 10.1 Å². The molecule has 0 atom stereocenters. The Balaban J connectivity index is 1.73. The molecule has 0 aliphatic rings. The monoisotopic (exact) mass is 380 g/mol. The molecule has 0 radical (unpaired) electrons. The number of carbonyl (C=O) groups excluding carboxylic acids is 1. The molecule has 0 fully saturated rings. The van der Waals surface area contributed by atoms with E-state index in [1.54, 1.807) is 4.90 Å². The standard InChI is InChI=1S/C19H20N6O3/c1-14(2)24(18(26)12-23-13-20-19(22-23)25(27)28)17-10-8-16(9-11-17)21-15-6-4-3-5-7-15/h3-11,13-14,21H,12H2,1-2H3. The van der Waals surface area contributed by atoms with Crippen molar-refractivity contribution in [2.75, 3.05) is 10.2 Å². The number of nitro groups is 1. The van der Waals surface area contributed by atoms with E-state index in [0.717, 1.165) is 17.1 Å². The zero-order chi connectivity index (χ0) is 20.1. The summed E-state index contributed by atoms with van der Waals surface area (Å²) in [6.45, 7) is 3.67. The second-order valence-corrected chi connectivity index (χ2v) is 6.39. The molecular weight excluding hydrogens is 360 g/mol. The summed E-state index contributed by atoms with van der Waals surface area (Å²) in [5.41, 5.74) is 2.60. The van der Waals surface area contributed by atoms with Gasteiger partial charge >= 0.3 is 5.95 Å². The summed E-state index contributed by atoms with van der Waals surface area (Å²) in [6, 6.07) is 17.2. The fourth-order valence-corrected chi connectivity index (χ4v) is 2.78. The lowest BCUT2D eigenvalue weighted by Crippen LogP contribution is -2.39. The van der Waals surface area contributed by atoms with Gasteiger partial charge in [-0.2, -0.15) is 4.68 Å². The summed E-state index contributed by atoms with van der Waals surface area (Å²) in [6.07, 6.45) is 1.18. The van der Waals surface area contributed by atoms with Gasteiger partial charge in [0.05, 0.1) is 0 Å². The maximum Gasteiger partial charge on any atom is 0.490 e. The fourth-order valence-electron chi connectivity index (χ4n) is 2.78. The molecule has 0 saturated heterocycles. The highest BCUT2D eigenvalue weighted by atomic mass is 16.6. The molecule has 1 N–H and O–H groups in total. The average molecular weight is 380 g/mol. The Morgan fingerprint density at radius 2 is 1.79 bits per heavy atom. The molecule has 1 amide bonds. The molecule has 3 rings (SSSR count). The molecule has 2 aromatic carbocycles. The summed E-state index contributed by atoms with van der Waals surface area (Å²) in [5.74, 6) is -0.765. The molecule has 1 aromatic heterocycles. The van der Waals surface area contributed by atoms with E-state index in [9.17, 15) is 14.9 Å². The Kier molecular flexibility index (Phi) is 5.64. The highest BCUT2D eigenvalue weighted by Crippen LogP contribution is 2.23. The second kappa shape index (κ2) is 8.30. The average Bonchev–Trinajstić information content (AvgIpc) is 3.13. The number of aromatic nitrogens is 3. The molecule has 0 aliphatic carbocycles. The summed E-state index contributed by atoms with van der Waals surface area (Å²) >= 11 is 0. The highest BCUT2D eigenvalue weighted by molar-refractivity contribution is 5.93. The molecule has 144 valence electrons. The Morgan fingerprint density at radius 1 is 1.14 bits per heavy atom. The molecule has 0 unspecified atom stereocenters. The van der Waals surface area contributed by atoms with Gasteiger partial charge in [0.1, 0.15) is 6.54 Å². The normalized spacial score (nSPS) is 10.7. The van der Waals surface area contributed by atoms with Gasteiger partial charge in [-0.1, -0.05) is 23.2 Å². The van der Waals surface area contributed by atoms with E-state index in [1.165, 1.54) is 11.0 Å². The van der Waals surface area contributed by atoms with Crippen molar-refractivity contribution in [3.8, 4) is 0 Å². The van der Waals surface area contributed by atoms with Crippen molar-refractivity contribution in [1.82, 2.24) is 14.8 Å². The predicted molar refractivity (Wildman–Crippen MR) is 105 cm³/mol. The van der Waals surface area contributed by atoms with Crippen LogP contribution in [0.25, 0.3) is 0 Å². The topological polar surface area (TPSA) is 106 Å². The molecule has 0 saturated carbocycles. The largest absolute Gasteiger partial charge is 0.490 e. The van der Waals surface area contributed by atoms with Crippen LogP contribution in [0.4, 0.5) is 23.0 Å². The van der Waals surface area contributed by atoms with Crippen LogP contribution in [0.2, 0.25) is 0 Å². The lowest BCUT2D eigenvalue weighted by atomic mass is 10.2. The lowest BCUT2D eigenvalue weighted by molar-refractivity contribution is -0.394. The van der Waals surface area contributed by atoms with Gasteiger partial charge in [0, 0.05) is 28.2 Å². The van der Waals surface area contributed by atoms with Gasteiger partial charge < -0.3 is 20.3 Å². The lowest BCUT2D eigenvalue weighted by Gasteiger charge is -2.26. The minimum atomic E-state index is -0.695. The maximum absolute atomic E-state index is 12.8. The SMILES string of the molecule is CC(C)N(C(=O)Cn1cnc([N+](=O)[O-])n1)c1ccc(Nc2ccccc2)cc1. The number of benzene rings is 2. The number of para-hydroxylation sites is 1. The second-order valence-electron chi connectivity index (χ2n) is 6.39. The number of nitrogens with zero attached hydrogens (tertiary/aromatic N) is 5. The molecule has 0 bridgehead atoms. The fraction of sp³-hybridized carbons (Fsp3) is 0.211. The van der Waals surface area contributed by atoms with Crippen molar-refractivity contribution < 1.29 is 9.72 Å². The van der Waals surface area contributed by atoms with Crippen LogP contribution in [0.1, 0.15) is 13.8 Å². The molecule has 3 aromatic rings. The zero-order valence-corrected chi connectivity index (χ0v) is 15.5. The minimum Gasteiger partial charge on any atom is -0.390 e. The molecule has 9 heteroatoms. The van der Waals surface area contributed by atoms with Gasteiger partial charge in [0.2, 0.25) is 12.2 Å². The number of amides is 1. The summed E-state index contributed by atoms with van der Waals surface area (Å²) in [5, 5.41) is 17.7. The Morgan fingerprint density at radius 3 is 2.36 bits per heavy atom. The van der Waals surface area contributed by atoms with Gasteiger partial charge in [-0.15, -0.1) is 0 Å². The first-order chi connectivity index (χ1) is 13.4. The van der Waals surface area contributed by atoms with Gasteiger partial charge in [0.25, 0.3) is 0 Å². The van der Waals surface area contributed by atoms with Crippen LogP contribution in [-0.2, 0) is 11.3 Å². The number of hydrogen-bond acceptors (Lipinski definition) is 6. The number of rotatable bonds is 7. The third-order valence-corrected chi connectivity index (χ3v) is 3.98. The summed E-state index contributed by atoms with van der Waals surface area (Å²) in [7, 11) is 0. The van der Waals surface area contributed by atoms with Gasteiger partial charge in [0.15, 0.2) is 0 Å². The molecule has 1 heterocycles. The number of hydrogen-bond donors (Lipinski definition) is 1. The first kappa shape index (κ1) is 19.0. The molecule has 0 spiro atoms. The van der Waals surface area contributed by atoms with Crippen molar-refractivity contribution in [1.29, 1.82) is 0 Å². The summed E-state index contributed by atoms with van der Waals surface area (Å²) < 4.78 is 1.17. The Bertz CT molecular complexity index is 953. The van der Waals surface area contributed by atoms with Gasteiger partial charge in [-0.05, 0) is 55.2 Å². The smallest absolute Gasteiger partial charge is 0.390 e. The van der Waals surface area contributed by atoms with Crippen molar-refractivity contribution in [2.45, 2.75) is 26.4 Å². The predicted octanol–water partition coefficient (Wildman–Crippen LogP) is 3.37. The van der Waals surface area contributed by atoms with Crippen LogP contribution in [0.5, 0.6) is 0 Å². The van der Waals surface area contributed by atoms with E-state index < -0.39 is 10.9 Å². The number of nitrogens with one attached hydrogen (secondary N) is 1. The van der Waals surface area contributed by atoms with E-state index in [0.29, 0.717) is 0 Å². The first-order valence-corrected chi connectivity index (χ1v) is 8.72. The van der Waals surface area contributed by atoms with Crippen molar-refractivity contribution in [3.63, 3.8) is 0 Å². The molecule has 28 heavy (non-hydrogen) atoms. The van der Waals surface area contributed by atoms with Crippen LogP contribution in [0.3, 0.4) is 0 Å². The van der Waals surface area contributed by atoms with Gasteiger partial charge in [-0.3, -0.25) is 4.79 Å². The molecular formula is C19H20N6O3. The van der Waals surface area contributed by atoms with Crippen LogP contribution in [0.15, 0.2) is 60.9 Å². The van der Waals surface area contributed by atoms with Crippen molar-refractivity contribution >= 4 is 28.9 Å². The Hall–Kier alpha value is -3.75. The van der Waals surface area contributed by atoms with Crippen LogP contribution < -0.4 is 10.2 Å². The maximum atomic E-state index is 12.8. The molecule has 0 aliphatic heterocycles. The van der Waals surface area contributed by atoms with E-state index in [4.69, 9.17) is 0 Å². The van der Waals surface area contributed by atoms with Crippen LogP contribution in [-0.4, -0.2) is 31.6 Å². The van der Waals surface area contributed by atoms with E-state index >= 15 is 0 Å². The summed E-state index contributed by atoms with van der Waals surface area (Å²) in [4.78, 5) is 28.0. The molecule has 9 nitrogen and oxygen atoms in total. The minimum absolute atomic E-state index is 0.0982. The zero-order valence-electron chi connectivity index (χ0n) is 15.5. The first-order valence-electron chi connectivity index (χ1n) is 8.72. The van der Waals surface area contributed by atoms with E-state index in [1.807, 2.05) is 68.4 Å². The van der Waals surface area contributed by atoms with Crippen molar-refractivity contribution in [3.05, 3.63) is 71.0 Å². The van der Waals surface area contributed by atoms with Crippen molar-refractivity contribution in [2.24, 2.45) is 0 Å². The van der Waals surface area contributed by atoms with E-state index in [2.05, 4.69) is 15.4 Å². The highest BCUT2D eigenvalue weighted by Gasteiger charge is 2.22. The number of anilines is 3. The number of carbonyl (C=O) groups is 1.